The van der Waals surface area contributed by atoms with Gasteiger partial charge in [0.2, 0.25) is 0 Å². The van der Waals surface area contributed by atoms with Crippen LogP contribution in [0.15, 0.2) is 97.5 Å². The van der Waals surface area contributed by atoms with Crippen LogP contribution < -0.4 is 9.30 Å². The molecule has 4 aromatic heterocycles. The molecular formula is C56H63N5OPt-2. The maximum absolute atomic E-state index is 9.08. The minimum Gasteiger partial charge on any atom is -0.508 e. The Balaban J connectivity index is 0.00000630. The first kappa shape index (κ1) is 43.2. The van der Waals surface area contributed by atoms with E-state index < -0.39 is 11.8 Å². The second-order valence-electron chi connectivity index (χ2n) is 22.1. The Morgan fingerprint density at radius 1 is 0.619 bits per heavy atom. The molecule has 0 spiro atoms. The Kier molecular flexibility index (Phi) is 11.1. The van der Waals surface area contributed by atoms with Crippen LogP contribution in [0.4, 0.5) is 0 Å². The van der Waals surface area contributed by atoms with Crippen molar-refractivity contribution in [1.82, 2.24) is 19.1 Å². The van der Waals surface area contributed by atoms with Crippen molar-refractivity contribution < 1.29 is 33.1 Å². The number of hydrogen-bond acceptors (Lipinski definition) is 3. The summed E-state index contributed by atoms with van der Waals surface area (Å²) in [6.07, 6.45) is 7.29. The number of hydrogen-bond donors (Lipinski definition) is 0. The quantitative estimate of drug-likeness (QED) is 0.123. The van der Waals surface area contributed by atoms with Crippen molar-refractivity contribution in [3.8, 4) is 28.7 Å². The van der Waals surface area contributed by atoms with Crippen LogP contribution in [0.3, 0.4) is 0 Å². The first-order chi connectivity index (χ1) is 29.6. The molecule has 0 N–H and O–H groups in total. The van der Waals surface area contributed by atoms with Gasteiger partial charge in [-0.15, -0.1) is 23.6 Å². The topological polar surface area (TPSA) is 48.8 Å². The molecular weight excluding hydrogens is 954 g/mol. The van der Waals surface area contributed by atoms with E-state index in [1.54, 1.807) is 24.7 Å². The fourth-order valence-corrected chi connectivity index (χ4v) is 7.94. The van der Waals surface area contributed by atoms with Crippen LogP contribution in [-0.2, 0) is 49.1 Å². The number of benzene rings is 4. The van der Waals surface area contributed by atoms with Crippen molar-refractivity contribution in [2.24, 2.45) is 5.41 Å². The summed E-state index contributed by atoms with van der Waals surface area (Å²) in [6.45, 7) is 32.7. The van der Waals surface area contributed by atoms with E-state index >= 15 is 0 Å². The number of imidazole rings is 1. The zero-order valence-corrected chi connectivity index (χ0v) is 42.0. The molecule has 0 unspecified atom stereocenters. The molecule has 0 bridgehead atoms. The molecule has 7 heteroatoms. The predicted octanol–water partition coefficient (Wildman–Crippen LogP) is 13.8. The third kappa shape index (κ3) is 9.44. The largest absolute Gasteiger partial charge is 0.508 e. The first-order valence-corrected chi connectivity index (χ1v) is 21.8. The molecule has 0 aliphatic rings. The smallest absolute Gasteiger partial charge is 0.268 e. The van der Waals surface area contributed by atoms with Gasteiger partial charge in [-0.3, -0.25) is 4.57 Å². The maximum atomic E-state index is 9.08. The van der Waals surface area contributed by atoms with Gasteiger partial charge in [0.1, 0.15) is 5.82 Å². The Morgan fingerprint density at radius 3 is 1.89 bits per heavy atom. The van der Waals surface area contributed by atoms with Gasteiger partial charge in [-0.2, -0.15) is 6.07 Å². The van der Waals surface area contributed by atoms with Gasteiger partial charge < -0.3 is 18.9 Å². The van der Waals surface area contributed by atoms with E-state index in [-0.39, 0.29) is 42.7 Å². The molecule has 8 aromatic rings. The van der Waals surface area contributed by atoms with Gasteiger partial charge in [0.25, 0.3) is 6.33 Å². The van der Waals surface area contributed by atoms with Gasteiger partial charge in [0.15, 0.2) is 0 Å². The molecule has 4 aromatic carbocycles. The predicted molar refractivity (Wildman–Crippen MR) is 256 cm³/mol. The van der Waals surface area contributed by atoms with Crippen molar-refractivity contribution in [2.75, 3.05) is 0 Å². The standard InChI is InChI=1S/C56H63N5O.Pt/c1-52(2,3)32-36-22-23-58-51(24-36)61-47-20-16-37(53(4,5)6)28-46(47)45-19-18-43(31-49(45)61)62-44-30-42(33-57-34-44)60-35-59(48-21-17-38(29-50(48)60)54(7,8)9)41-26-39(55(10,11)12)25-40(27-41)56(13,14)15;/h16-29,33-34H,32H2,1-15H3;/q-2;/i32D2;. The average Bonchev–Trinajstić information content (AvgIpc) is 3.74. The summed E-state index contributed by atoms with van der Waals surface area (Å²) >= 11 is 0. The van der Waals surface area contributed by atoms with E-state index in [0.717, 1.165) is 38.5 Å². The van der Waals surface area contributed by atoms with Crippen LogP contribution >= 0.6 is 0 Å². The summed E-state index contributed by atoms with van der Waals surface area (Å²) in [7, 11) is 0. The number of rotatable bonds is 6. The number of pyridine rings is 2. The fourth-order valence-electron chi connectivity index (χ4n) is 7.94. The van der Waals surface area contributed by atoms with E-state index in [9.17, 15) is 0 Å². The molecule has 0 aliphatic carbocycles. The van der Waals surface area contributed by atoms with Crippen LogP contribution in [0, 0.1) is 23.9 Å². The number of fused-ring (bicyclic) bond motifs is 4. The fraction of sp³-hybridized carbons (Fsp3) is 0.375. The zero-order valence-electron chi connectivity index (χ0n) is 41.7. The molecule has 0 fully saturated rings. The van der Waals surface area contributed by atoms with Crippen molar-refractivity contribution >= 4 is 32.8 Å². The van der Waals surface area contributed by atoms with E-state index in [0.29, 0.717) is 28.6 Å². The summed E-state index contributed by atoms with van der Waals surface area (Å²) in [4.78, 5) is 9.51. The first-order valence-electron chi connectivity index (χ1n) is 22.8. The van der Waals surface area contributed by atoms with E-state index in [1.807, 2.05) is 37.5 Å². The third-order valence-electron chi connectivity index (χ3n) is 11.5. The molecule has 0 saturated heterocycles. The Labute approximate surface area is 392 Å². The van der Waals surface area contributed by atoms with E-state index in [2.05, 4.69) is 176 Å². The molecule has 4 heterocycles. The van der Waals surface area contributed by atoms with E-state index in [1.165, 1.54) is 22.3 Å². The van der Waals surface area contributed by atoms with Crippen molar-refractivity contribution in [3.63, 3.8) is 0 Å². The molecule has 0 aliphatic heterocycles. The minimum atomic E-state index is -1.60. The molecule has 0 radical (unpaired) electrons. The Hall–Kier alpha value is -5.06. The molecule has 63 heavy (non-hydrogen) atoms. The Morgan fingerprint density at radius 2 is 1.25 bits per heavy atom. The Bertz CT molecular complexity index is 3060. The van der Waals surface area contributed by atoms with Crippen molar-refractivity contribution in [3.05, 3.63) is 144 Å². The molecule has 6 nitrogen and oxygen atoms in total. The number of nitrogens with zero attached hydrogens (tertiary/aromatic N) is 5. The SMILES string of the molecule is [2H]C([2H])(c1ccnc(-n2c3[c-]c(Oc4[c-]c(-n5[c-][n+](-c6cc(C(C)(C)C)cc(C(C)(C)C)c6)c6ccc(C(C)(C)C)cc65)cnc4)ccc3c3cc(C(C)(C)C)ccc32)c1)C(C)(C)C.[Pt]. The monoisotopic (exact) mass is 1020 g/mol. The van der Waals surface area contributed by atoms with Crippen molar-refractivity contribution in [2.45, 2.75) is 132 Å². The number of aromatic nitrogens is 5. The number of ether oxygens (including phenoxy) is 1. The van der Waals surface area contributed by atoms with Crippen LogP contribution in [0.25, 0.3) is 50.0 Å². The molecule has 0 saturated carbocycles. The van der Waals surface area contributed by atoms with Gasteiger partial charge in [-0.05, 0) is 115 Å². The van der Waals surface area contributed by atoms with Crippen LogP contribution in [-0.4, -0.2) is 19.1 Å². The summed E-state index contributed by atoms with van der Waals surface area (Å²) in [6, 6.07) is 34.9. The third-order valence-corrected chi connectivity index (χ3v) is 11.5. The summed E-state index contributed by atoms with van der Waals surface area (Å²) in [5, 5.41) is 2.06. The minimum absolute atomic E-state index is 0. The summed E-state index contributed by atoms with van der Waals surface area (Å²) in [5.41, 5.74) is 10.1. The van der Waals surface area contributed by atoms with Crippen molar-refractivity contribution in [1.29, 1.82) is 0 Å². The van der Waals surface area contributed by atoms with Gasteiger partial charge in [0, 0.05) is 47.0 Å². The summed E-state index contributed by atoms with van der Waals surface area (Å²) in [5.74, 6) is 1.53. The second-order valence-corrected chi connectivity index (χ2v) is 22.1. The molecule has 8 rings (SSSR count). The second kappa shape index (κ2) is 16.2. The van der Waals surface area contributed by atoms with Crippen LogP contribution in [0.1, 0.15) is 134 Å². The summed E-state index contributed by atoms with van der Waals surface area (Å²) < 4.78 is 31.0. The molecule has 0 amide bonds. The van der Waals surface area contributed by atoms with Gasteiger partial charge >= 0.3 is 0 Å². The zero-order chi connectivity index (χ0) is 46.5. The van der Waals surface area contributed by atoms with Crippen LogP contribution in [0.2, 0.25) is 0 Å². The van der Waals surface area contributed by atoms with Gasteiger partial charge in [-0.1, -0.05) is 146 Å². The van der Waals surface area contributed by atoms with Crippen LogP contribution in [0.5, 0.6) is 11.5 Å². The maximum Gasteiger partial charge on any atom is 0.268 e. The van der Waals surface area contributed by atoms with Gasteiger partial charge in [0.05, 0.1) is 16.7 Å². The van der Waals surface area contributed by atoms with E-state index in [4.69, 9.17) is 12.5 Å². The normalized spacial score (nSPS) is 13.6. The average molecular weight is 1020 g/mol. The molecule has 0 atom stereocenters. The molecule has 330 valence electrons. The van der Waals surface area contributed by atoms with Gasteiger partial charge in [-0.25, -0.2) is 4.98 Å².